The third kappa shape index (κ3) is 2.50. The molecule has 0 saturated heterocycles. The van der Waals surface area contributed by atoms with Gasteiger partial charge in [0.1, 0.15) is 15.5 Å². The number of nitrogens with one attached hydrogen (secondary N) is 1. The number of fused-ring (bicyclic) bond motifs is 1. The van der Waals surface area contributed by atoms with Gasteiger partial charge in [-0.25, -0.2) is 9.78 Å². The Bertz CT molecular complexity index is 1010. The number of thiophene rings is 1. The van der Waals surface area contributed by atoms with Crippen molar-refractivity contribution in [2.24, 2.45) is 0 Å². The van der Waals surface area contributed by atoms with Crippen molar-refractivity contribution in [3.05, 3.63) is 39.0 Å². The lowest BCUT2D eigenvalue weighted by Crippen LogP contribution is -2.09. The number of aromatic nitrogens is 2. The molecule has 7 nitrogen and oxygen atoms in total. The number of benzene rings is 1. The lowest BCUT2D eigenvalue weighted by Gasteiger charge is -2.06. The predicted molar refractivity (Wildman–Crippen MR) is 90.0 cm³/mol. The molecule has 0 aliphatic carbocycles. The van der Waals surface area contributed by atoms with Gasteiger partial charge in [-0.2, -0.15) is 0 Å². The van der Waals surface area contributed by atoms with Crippen LogP contribution in [0.2, 0.25) is 0 Å². The molecular weight excluding hydrogens is 332 g/mol. The average Bonchev–Trinajstić information content (AvgIpc) is 2.91. The number of phenolic OH excluding ortho intramolecular Hbond substituents is 1. The average molecular weight is 346 g/mol. The van der Waals surface area contributed by atoms with Crippen molar-refractivity contribution in [2.75, 3.05) is 14.2 Å². The highest BCUT2D eigenvalue weighted by atomic mass is 32.1. The highest BCUT2D eigenvalue weighted by Crippen LogP contribution is 2.32. The third-order valence-electron chi connectivity index (χ3n) is 3.62. The van der Waals surface area contributed by atoms with E-state index in [0.717, 1.165) is 11.3 Å². The Balaban J connectivity index is 2.21. The van der Waals surface area contributed by atoms with Crippen LogP contribution < -0.4 is 10.3 Å². The number of aryl methyl sites for hydroxylation is 1. The molecule has 0 saturated carbocycles. The van der Waals surface area contributed by atoms with Crippen molar-refractivity contribution >= 4 is 27.5 Å². The second kappa shape index (κ2) is 5.97. The van der Waals surface area contributed by atoms with Crippen LogP contribution in [0.15, 0.2) is 23.0 Å². The molecule has 3 rings (SSSR count). The largest absolute Gasteiger partial charge is 0.504 e. The minimum Gasteiger partial charge on any atom is -0.504 e. The van der Waals surface area contributed by atoms with Gasteiger partial charge in [0.05, 0.1) is 19.6 Å². The van der Waals surface area contributed by atoms with Crippen LogP contribution >= 0.6 is 11.3 Å². The number of aromatic amines is 1. The number of nitrogens with zero attached hydrogens (tertiary/aromatic N) is 1. The van der Waals surface area contributed by atoms with E-state index in [0.29, 0.717) is 32.0 Å². The van der Waals surface area contributed by atoms with Crippen molar-refractivity contribution < 1.29 is 19.4 Å². The Morgan fingerprint density at radius 2 is 2.08 bits per heavy atom. The van der Waals surface area contributed by atoms with Gasteiger partial charge in [-0.3, -0.25) is 4.79 Å². The van der Waals surface area contributed by atoms with Gasteiger partial charge in [0.25, 0.3) is 5.56 Å². The molecule has 0 amide bonds. The third-order valence-corrected chi connectivity index (χ3v) is 4.79. The molecule has 2 heterocycles. The Morgan fingerprint density at radius 3 is 2.75 bits per heavy atom. The summed E-state index contributed by atoms with van der Waals surface area (Å²) in [6, 6.07) is 4.64. The van der Waals surface area contributed by atoms with Crippen LogP contribution in [-0.4, -0.2) is 35.3 Å². The first-order chi connectivity index (χ1) is 11.5. The van der Waals surface area contributed by atoms with E-state index in [1.54, 1.807) is 19.1 Å². The van der Waals surface area contributed by atoms with E-state index in [2.05, 4.69) is 9.97 Å². The number of ether oxygens (including phenoxy) is 2. The number of H-pyrrole nitrogens is 1. The first-order valence-electron chi connectivity index (χ1n) is 6.95. The number of carbonyl (C=O) groups is 1. The SMILES string of the molecule is COC(=O)c1sc2nc(-c3ccc(O)c(OC)c3)[nH]c(=O)c2c1C. The van der Waals surface area contributed by atoms with E-state index in [9.17, 15) is 14.7 Å². The van der Waals surface area contributed by atoms with Crippen LogP contribution in [0.4, 0.5) is 0 Å². The lowest BCUT2D eigenvalue weighted by molar-refractivity contribution is 0.0605. The summed E-state index contributed by atoms with van der Waals surface area (Å²) >= 11 is 1.11. The molecule has 1 aromatic carbocycles. The fraction of sp³-hybridized carbons (Fsp3) is 0.188. The number of carbonyl (C=O) groups excluding carboxylic acids is 1. The molecule has 3 aromatic rings. The van der Waals surface area contributed by atoms with Crippen LogP contribution in [0, 0.1) is 6.92 Å². The monoisotopic (exact) mass is 346 g/mol. The molecule has 2 N–H and O–H groups in total. The number of phenols is 1. The van der Waals surface area contributed by atoms with Crippen LogP contribution in [-0.2, 0) is 4.74 Å². The van der Waals surface area contributed by atoms with E-state index in [4.69, 9.17) is 9.47 Å². The maximum atomic E-state index is 12.4. The van der Waals surface area contributed by atoms with Crippen molar-refractivity contribution in [3.8, 4) is 22.9 Å². The Morgan fingerprint density at radius 1 is 1.33 bits per heavy atom. The highest BCUT2D eigenvalue weighted by molar-refractivity contribution is 7.20. The summed E-state index contributed by atoms with van der Waals surface area (Å²) in [5.74, 6) is 0.0868. The smallest absolute Gasteiger partial charge is 0.348 e. The molecule has 0 atom stereocenters. The van der Waals surface area contributed by atoms with Gasteiger partial charge < -0.3 is 19.6 Å². The molecule has 0 radical (unpaired) electrons. The number of rotatable bonds is 3. The molecule has 0 unspecified atom stereocenters. The van der Waals surface area contributed by atoms with Gasteiger partial charge in [-0.15, -0.1) is 11.3 Å². The fourth-order valence-corrected chi connectivity index (χ4v) is 3.49. The fourth-order valence-electron chi connectivity index (χ4n) is 2.39. The first kappa shape index (κ1) is 16.0. The van der Waals surface area contributed by atoms with Gasteiger partial charge in [0.2, 0.25) is 0 Å². The number of hydrogen-bond donors (Lipinski definition) is 2. The summed E-state index contributed by atoms with van der Waals surface area (Å²) in [5, 5.41) is 10.0. The summed E-state index contributed by atoms with van der Waals surface area (Å²) < 4.78 is 9.80. The summed E-state index contributed by atoms with van der Waals surface area (Å²) in [6.45, 7) is 1.69. The summed E-state index contributed by atoms with van der Waals surface area (Å²) in [6.07, 6.45) is 0. The normalized spacial score (nSPS) is 10.8. The Labute approximate surface area is 140 Å². The zero-order chi connectivity index (χ0) is 17.4. The molecule has 0 spiro atoms. The van der Waals surface area contributed by atoms with Gasteiger partial charge in [-0.1, -0.05) is 0 Å². The molecule has 24 heavy (non-hydrogen) atoms. The van der Waals surface area contributed by atoms with Gasteiger partial charge in [0.15, 0.2) is 11.5 Å². The van der Waals surface area contributed by atoms with E-state index < -0.39 is 5.97 Å². The lowest BCUT2D eigenvalue weighted by atomic mass is 10.1. The summed E-state index contributed by atoms with van der Waals surface area (Å²) in [7, 11) is 2.72. The standard InChI is InChI=1S/C16H14N2O5S/c1-7-11-14(20)17-13(8-4-5-9(19)10(6-8)22-2)18-15(11)24-12(7)16(21)23-3/h4-6,19H,1-3H3,(H,17,18,20). The quantitative estimate of drug-likeness (QED) is 0.707. The minimum absolute atomic E-state index is 0.00961. The van der Waals surface area contributed by atoms with E-state index >= 15 is 0 Å². The number of methoxy groups -OCH3 is 2. The predicted octanol–water partition coefficient (Wildman–Crippen LogP) is 2.46. The first-order valence-corrected chi connectivity index (χ1v) is 7.77. The Kier molecular flexibility index (Phi) is 3.98. The van der Waals surface area contributed by atoms with Crippen LogP contribution in [0.1, 0.15) is 15.2 Å². The second-order valence-corrected chi connectivity index (χ2v) is 6.03. The van der Waals surface area contributed by atoms with Crippen molar-refractivity contribution in [3.63, 3.8) is 0 Å². The van der Waals surface area contributed by atoms with Gasteiger partial charge in [0, 0.05) is 5.56 Å². The molecule has 0 aliphatic rings. The van der Waals surface area contributed by atoms with Gasteiger partial charge in [-0.05, 0) is 30.7 Å². The summed E-state index contributed by atoms with van der Waals surface area (Å²) in [5.41, 5.74) is 0.783. The van der Waals surface area contributed by atoms with E-state index in [-0.39, 0.29) is 17.1 Å². The van der Waals surface area contributed by atoms with Crippen molar-refractivity contribution in [2.45, 2.75) is 6.92 Å². The topological polar surface area (TPSA) is 102 Å². The molecule has 0 bridgehead atoms. The number of hydrogen-bond acceptors (Lipinski definition) is 7. The molecule has 0 fully saturated rings. The number of esters is 1. The minimum atomic E-state index is -0.497. The van der Waals surface area contributed by atoms with E-state index in [1.807, 2.05) is 0 Å². The van der Waals surface area contributed by atoms with Crippen LogP contribution in [0.5, 0.6) is 11.5 Å². The molecule has 0 aliphatic heterocycles. The molecule has 124 valence electrons. The Hall–Kier alpha value is -2.87. The van der Waals surface area contributed by atoms with E-state index in [1.165, 1.54) is 20.3 Å². The maximum Gasteiger partial charge on any atom is 0.348 e. The maximum absolute atomic E-state index is 12.4. The van der Waals surface area contributed by atoms with Gasteiger partial charge >= 0.3 is 5.97 Å². The summed E-state index contributed by atoms with van der Waals surface area (Å²) in [4.78, 5) is 32.1. The second-order valence-electron chi connectivity index (χ2n) is 5.03. The van der Waals surface area contributed by atoms with Crippen LogP contribution in [0.25, 0.3) is 21.6 Å². The molecule has 8 heteroatoms. The molecular formula is C16H14N2O5S. The molecule has 2 aromatic heterocycles. The number of aromatic hydroxyl groups is 1. The van der Waals surface area contributed by atoms with Crippen molar-refractivity contribution in [1.82, 2.24) is 9.97 Å². The zero-order valence-electron chi connectivity index (χ0n) is 13.2. The van der Waals surface area contributed by atoms with Crippen molar-refractivity contribution in [1.29, 1.82) is 0 Å². The zero-order valence-corrected chi connectivity index (χ0v) is 14.0. The highest BCUT2D eigenvalue weighted by Gasteiger charge is 2.20. The van der Waals surface area contributed by atoms with Crippen LogP contribution in [0.3, 0.4) is 0 Å².